The van der Waals surface area contributed by atoms with E-state index in [-0.39, 0.29) is 0 Å². The number of halogens is 1. The van der Waals surface area contributed by atoms with Crippen LogP contribution >= 0.6 is 11.6 Å². The van der Waals surface area contributed by atoms with E-state index in [4.69, 9.17) is 19.8 Å². The first-order chi connectivity index (χ1) is 14.3. The molecular formula is C18H16ClN5O. The summed E-state index contributed by atoms with van der Waals surface area (Å²) in [6.07, 6.45) is -2.01. The maximum atomic E-state index is 10.5. The van der Waals surface area contributed by atoms with Gasteiger partial charge in [-0.25, -0.2) is 14.5 Å². The minimum absolute atomic E-state index is 0.303. The smallest absolute Gasteiger partial charge is 0.163 e. The molecule has 7 heteroatoms. The summed E-state index contributed by atoms with van der Waals surface area (Å²) in [5.41, 5.74) is 2.54. The molecule has 0 fully saturated rings. The Kier molecular flexibility index (Phi) is 2.53. The first-order valence-electron chi connectivity index (χ1n) is 10.3. The Morgan fingerprint density at radius 3 is 2.96 bits per heavy atom. The Bertz CT molecular complexity index is 1320. The van der Waals surface area contributed by atoms with Gasteiger partial charge in [0.05, 0.1) is 18.7 Å². The van der Waals surface area contributed by atoms with Crippen LogP contribution in [0.5, 0.6) is 0 Å². The van der Waals surface area contributed by atoms with Crippen molar-refractivity contribution in [2.75, 3.05) is 0 Å². The number of hydrogen-bond donors (Lipinski definition) is 1. The van der Waals surface area contributed by atoms with Gasteiger partial charge in [0.2, 0.25) is 0 Å². The highest BCUT2D eigenvalue weighted by Gasteiger charge is 2.15. The lowest BCUT2D eigenvalue weighted by atomic mass is 10.0. The van der Waals surface area contributed by atoms with E-state index in [0.717, 1.165) is 5.39 Å². The third kappa shape index (κ3) is 2.63. The predicted octanol–water partition coefficient (Wildman–Crippen LogP) is 3.74. The molecule has 6 nitrogen and oxygen atoms in total. The van der Waals surface area contributed by atoms with Crippen LogP contribution in [0.4, 0.5) is 0 Å². The molecule has 0 bridgehead atoms. The van der Waals surface area contributed by atoms with Crippen LogP contribution in [0.15, 0.2) is 36.9 Å². The molecule has 0 radical (unpaired) electrons. The maximum absolute atomic E-state index is 10.5. The number of nitrogens with zero attached hydrogens (tertiary/aromatic N) is 5. The minimum Gasteiger partial charge on any atom is -0.387 e. The van der Waals surface area contributed by atoms with Gasteiger partial charge in [0.25, 0.3) is 0 Å². The minimum atomic E-state index is -3.24. The molecule has 0 aliphatic rings. The second-order valence-electron chi connectivity index (χ2n) is 5.48. The van der Waals surface area contributed by atoms with Crippen molar-refractivity contribution in [1.29, 1.82) is 0 Å². The molecule has 1 N–H and O–H groups in total. The van der Waals surface area contributed by atoms with Crippen LogP contribution in [-0.4, -0.2) is 29.7 Å². The summed E-state index contributed by atoms with van der Waals surface area (Å²) in [6.45, 7) is -1.54. The molecule has 1 unspecified atom stereocenters. The van der Waals surface area contributed by atoms with Crippen LogP contribution in [0, 0.1) is 6.92 Å². The zero-order chi connectivity index (χ0) is 22.8. The van der Waals surface area contributed by atoms with Crippen LogP contribution in [-0.2, 0) is 0 Å². The van der Waals surface area contributed by atoms with Crippen molar-refractivity contribution in [1.82, 2.24) is 24.6 Å². The van der Waals surface area contributed by atoms with Gasteiger partial charge in [-0.15, -0.1) is 0 Å². The van der Waals surface area contributed by atoms with Gasteiger partial charge >= 0.3 is 0 Å². The summed E-state index contributed by atoms with van der Waals surface area (Å²) in [5, 5.41) is 15.7. The Hall–Kier alpha value is -2.57. The van der Waals surface area contributed by atoms with Gasteiger partial charge < -0.3 is 5.11 Å². The van der Waals surface area contributed by atoms with Gasteiger partial charge in [0, 0.05) is 41.8 Å². The van der Waals surface area contributed by atoms with Crippen LogP contribution in [0.2, 0.25) is 5.15 Å². The molecule has 4 aromatic rings. The van der Waals surface area contributed by atoms with Gasteiger partial charge in [0.15, 0.2) is 5.65 Å². The van der Waals surface area contributed by atoms with E-state index in [1.54, 1.807) is 23.7 Å². The van der Waals surface area contributed by atoms with E-state index in [1.807, 2.05) is 6.07 Å². The third-order valence-electron chi connectivity index (χ3n) is 3.96. The summed E-state index contributed by atoms with van der Waals surface area (Å²) < 4.78 is 47.3. The molecule has 0 spiro atoms. The highest BCUT2D eigenvalue weighted by atomic mass is 35.5. The third-order valence-corrected chi connectivity index (χ3v) is 4.16. The molecule has 4 heterocycles. The molecule has 25 heavy (non-hydrogen) atoms. The number of aliphatic hydroxyl groups is 1. The number of fused-ring (bicyclic) bond motifs is 3. The predicted molar refractivity (Wildman–Crippen MR) is 96.5 cm³/mol. The second kappa shape index (κ2) is 6.06. The fourth-order valence-corrected chi connectivity index (χ4v) is 2.93. The van der Waals surface area contributed by atoms with Crippen molar-refractivity contribution < 1.29 is 13.3 Å². The molecule has 0 amide bonds. The Morgan fingerprint density at radius 1 is 1.28 bits per heavy atom. The Balaban J connectivity index is 1.89. The lowest BCUT2D eigenvalue weighted by Gasteiger charge is -2.13. The standard InChI is InChI=1S/C18H16ClN5O/c1-3-16(25)14-4-10(2)13(8-20-14)12-5-11-7-21-17(19)6-15(11)24-18(12)22-9-23-24/h4-9,16,25H,3H2,1-2H3/i1D3,3D2,16D. The average molecular weight is 360 g/mol. The normalized spacial score (nSPS) is 18.7. The number of rotatable bonds is 3. The fraction of sp³-hybridized carbons (Fsp3) is 0.222. The molecule has 0 saturated heterocycles. The van der Waals surface area contributed by atoms with E-state index in [0.29, 0.717) is 33.0 Å². The number of aryl methyl sites for hydroxylation is 1. The zero-order valence-electron chi connectivity index (χ0n) is 19.0. The molecule has 0 saturated carbocycles. The van der Waals surface area contributed by atoms with Crippen LogP contribution in [0.3, 0.4) is 0 Å². The monoisotopic (exact) mass is 359 g/mol. The molecule has 126 valence electrons. The zero-order valence-corrected chi connectivity index (χ0v) is 13.8. The molecule has 4 rings (SSSR count). The first-order valence-corrected chi connectivity index (χ1v) is 7.70. The first kappa shape index (κ1) is 10.4. The summed E-state index contributed by atoms with van der Waals surface area (Å²) >= 11 is 6.00. The summed E-state index contributed by atoms with van der Waals surface area (Å²) in [6, 6.07) is 4.78. The summed E-state index contributed by atoms with van der Waals surface area (Å²) in [7, 11) is 0. The maximum Gasteiger partial charge on any atom is 0.163 e. The Labute approximate surface area is 157 Å². The van der Waals surface area contributed by atoms with Crippen molar-refractivity contribution in [3.8, 4) is 11.1 Å². The van der Waals surface area contributed by atoms with Crippen molar-refractivity contribution in [3.63, 3.8) is 0 Å². The highest BCUT2D eigenvalue weighted by Crippen LogP contribution is 2.31. The van der Waals surface area contributed by atoms with E-state index in [9.17, 15) is 5.11 Å². The van der Waals surface area contributed by atoms with E-state index < -0.39 is 25.0 Å². The number of aromatic nitrogens is 5. The largest absolute Gasteiger partial charge is 0.387 e. The lowest BCUT2D eigenvalue weighted by Crippen LogP contribution is -2.01. The summed E-state index contributed by atoms with van der Waals surface area (Å²) in [4.78, 5) is 12.4. The van der Waals surface area contributed by atoms with Crippen LogP contribution < -0.4 is 0 Å². The van der Waals surface area contributed by atoms with Gasteiger partial charge in [0.1, 0.15) is 11.5 Å². The van der Waals surface area contributed by atoms with Crippen molar-refractivity contribution in [2.24, 2.45) is 0 Å². The lowest BCUT2D eigenvalue weighted by molar-refractivity contribution is 0.169. The molecule has 0 aliphatic carbocycles. The van der Waals surface area contributed by atoms with Crippen molar-refractivity contribution in [2.45, 2.75) is 26.2 Å². The quantitative estimate of drug-likeness (QED) is 0.564. The number of hydrogen-bond acceptors (Lipinski definition) is 5. The molecule has 1 atom stereocenters. The van der Waals surface area contributed by atoms with Gasteiger partial charge in [-0.3, -0.25) is 4.98 Å². The summed E-state index contributed by atoms with van der Waals surface area (Å²) in [5.74, 6) is 0. The van der Waals surface area contributed by atoms with E-state index in [2.05, 4.69) is 20.1 Å². The van der Waals surface area contributed by atoms with Gasteiger partial charge in [-0.05, 0) is 31.0 Å². The van der Waals surface area contributed by atoms with Gasteiger partial charge in [-0.1, -0.05) is 18.5 Å². The Morgan fingerprint density at radius 2 is 2.16 bits per heavy atom. The highest BCUT2D eigenvalue weighted by molar-refractivity contribution is 6.30. The van der Waals surface area contributed by atoms with Crippen molar-refractivity contribution >= 4 is 28.2 Å². The molecule has 0 aromatic carbocycles. The topological polar surface area (TPSA) is 76.2 Å². The SMILES string of the molecule is [2H]C([2H])([2H])C([2H])([2H])C([2H])(O)c1cc(C)c(-c2cc3cnc(Cl)cc3n3ncnc23)cn1. The van der Waals surface area contributed by atoms with Crippen LogP contribution in [0.25, 0.3) is 27.7 Å². The second-order valence-corrected chi connectivity index (χ2v) is 5.86. The molecular weight excluding hydrogens is 338 g/mol. The molecule has 4 aromatic heterocycles. The van der Waals surface area contributed by atoms with Crippen LogP contribution in [0.1, 0.15) is 38.8 Å². The van der Waals surface area contributed by atoms with Gasteiger partial charge in [-0.2, -0.15) is 5.10 Å². The van der Waals surface area contributed by atoms with Crippen molar-refractivity contribution in [3.05, 3.63) is 53.3 Å². The fourth-order valence-electron chi connectivity index (χ4n) is 2.78. The average Bonchev–Trinajstić information content (AvgIpc) is 3.17. The number of pyridine rings is 3. The van der Waals surface area contributed by atoms with E-state index >= 15 is 0 Å². The van der Waals surface area contributed by atoms with E-state index in [1.165, 1.54) is 18.6 Å². The molecule has 0 aliphatic heterocycles.